The van der Waals surface area contributed by atoms with E-state index >= 15 is 0 Å². The number of aromatic nitrogens is 2. The first-order valence-corrected chi connectivity index (χ1v) is 8.42. The molecule has 0 aliphatic heterocycles. The number of halogens is 1. The fourth-order valence-corrected chi connectivity index (χ4v) is 2.63. The van der Waals surface area contributed by atoms with Crippen molar-refractivity contribution in [1.29, 1.82) is 0 Å². The topological polar surface area (TPSA) is 61.2 Å². The number of carbonyl (C=O) groups is 2. The summed E-state index contributed by atoms with van der Waals surface area (Å²) in [7, 11) is 1.72. The molecule has 1 atom stereocenters. The van der Waals surface area contributed by atoms with E-state index in [4.69, 9.17) is 16.3 Å². The highest BCUT2D eigenvalue weighted by atomic mass is 35.5. The lowest BCUT2D eigenvalue weighted by molar-refractivity contribution is -0.140. The Morgan fingerprint density at radius 2 is 1.96 bits per heavy atom. The van der Waals surface area contributed by atoms with Gasteiger partial charge in [-0.15, -0.1) is 0 Å². The van der Waals surface area contributed by atoms with Gasteiger partial charge in [0.1, 0.15) is 5.15 Å². The Labute approximate surface area is 152 Å². The maximum absolute atomic E-state index is 12.3. The van der Waals surface area contributed by atoms with Gasteiger partial charge in [-0.25, -0.2) is 4.79 Å². The molecule has 0 fully saturated rings. The third kappa shape index (κ3) is 4.57. The van der Waals surface area contributed by atoms with E-state index in [1.165, 1.54) is 10.8 Å². The van der Waals surface area contributed by atoms with Gasteiger partial charge in [0.15, 0.2) is 6.10 Å². The maximum Gasteiger partial charge on any atom is 0.331 e. The minimum atomic E-state index is -0.866. The molecule has 0 saturated carbocycles. The normalized spacial score (nSPS) is 12.4. The molecule has 5 nitrogen and oxygen atoms in total. The highest BCUT2D eigenvalue weighted by molar-refractivity contribution is 6.31. The lowest BCUT2D eigenvalue weighted by Gasteiger charge is -2.11. The van der Waals surface area contributed by atoms with Crippen molar-refractivity contribution in [3.8, 4) is 0 Å². The first-order valence-electron chi connectivity index (χ1n) is 8.04. The number of carbonyl (C=O) groups excluding carboxylic acids is 2. The standard InChI is InChI=1S/C19H21ClN2O3/c1-5-14-6-8-15(9-7-14)18(24)13(3)25-17(23)11-10-16-12(2)21-22(4)19(16)20/h6-11,13H,5H2,1-4H3/b11-10+. The number of aryl methyl sites for hydroxylation is 3. The molecule has 2 rings (SSSR count). The monoisotopic (exact) mass is 360 g/mol. The Bertz CT molecular complexity index is 807. The summed E-state index contributed by atoms with van der Waals surface area (Å²) in [6.45, 7) is 5.40. The van der Waals surface area contributed by atoms with Gasteiger partial charge in [0, 0.05) is 24.3 Å². The molecule has 2 aromatic rings. The van der Waals surface area contributed by atoms with Crippen LogP contribution in [0, 0.1) is 6.92 Å². The number of Topliss-reactive ketones (excluding diaryl/α,β-unsaturated/α-hetero) is 1. The Morgan fingerprint density at radius 3 is 2.48 bits per heavy atom. The Kier molecular flexibility index (Phi) is 6.15. The van der Waals surface area contributed by atoms with E-state index in [9.17, 15) is 9.59 Å². The van der Waals surface area contributed by atoms with Crippen molar-refractivity contribution >= 4 is 29.4 Å². The summed E-state index contributed by atoms with van der Waals surface area (Å²) in [5.41, 5.74) is 3.02. The van der Waals surface area contributed by atoms with Crippen LogP contribution >= 0.6 is 11.6 Å². The van der Waals surface area contributed by atoms with Gasteiger partial charge in [-0.1, -0.05) is 42.8 Å². The van der Waals surface area contributed by atoms with Crippen LogP contribution in [0.15, 0.2) is 30.3 Å². The number of nitrogens with zero attached hydrogens (tertiary/aromatic N) is 2. The molecule has 0 aliphatic rings. The summed E-state index contributed by atoms with van der Waals surface area (Å²) in [6.07, 6.45) is 2.83. The number of ketones is 1. The van der Waals surface area contributed by atoms with Gasteiger partial charge >= 0.3 is 5.97 Å². The minimum Gasteiger partial charge on any atom is -0.451 e. The first-order chi connectivity index (χ1) is 11.8. The average Bonchev–Trinajstić information content (AvgIpc) is 2.84. The van der Waals surface area contributed by atoms with Gasteiger partial charge in [0.2, 0.25) is 5.78 Å². The van der Waals surface area contributed by atoms with Crippen LogP contribution in [0.1, 0.15) is 41.0 Å². The Balaban J connectivity index is 2.01. The zero-order chi connectivity index (χ0) is 18.6. The van der Waals surface area contributed by atoms with Gasteiger partial charge in [-0.3, -0.25) is 9.48 Å². The molecule has 0 aliphatic carbocycles. The number of ether oxygens (including phenoxy) is 1. The molecule has 6 heteroatoms. The van der Waals surface area contributed by atoms with E-state index in [0.717, 1.165) is 12.0 Å². The van der Waals surface area contributed by atoms with E-state index in [-0.39, 0.29) is 5.78 Å². The van der Waals surface area contributed by atoms with Gasteiger partial charge in [0.25, 0.3) is 0 Å². The van der Waals surface area contributed by atoms with E-state index in [1.807, 2.05) is 19.1 Å². The highest BCUT2D eigenvalue weighted by Crippen LogP contribution is 2.20. The summed E-state index contributed by atoms with van der Waals surface area (Å²) >= 11 is 6.10. The van der Waals surface area contributed by atoms with Gasteiger partial charge in [-0.05, 0) is 31.9 Å². The molecular weight excluding hydrogens is 340 g/mol. The van der Waals surface area contributed by atoms with Crippen LogP contribution < -0.4 is 0 Å². The third-order valence-electron chi connectivity index (χ3n) is 3.89. The van der Waals surface area contributed by atoms with Crippen LogP contribution in [-0.4, -0.2) is 27.6 Å². The summed E-state index contributed by atoms with van der Waals surface area (Å²) in [6, 6.07) is 7.30. The summed E-state index contributed by atoms with van der Waals surface area (Å²) in [5, 5.41) is 4.59. The van der Waals surface area contributed by atoms with Crippen LogP contribution in [-0.2, 0) is 23.0 Å². The number of hydrogen-bond acceptors (Lipinski definition) is 4. The molecule has 1 heterocycles. The zero-order valence-electron chi connectivity index (χ0n) is 14.7. The van der Waals surface area contributed by atoms with Crippen molar-refractivity contribution in [3.05, 3.63) is 57.9 Å². The molecule has 0 saturated heterocycles. The SMILES string of the molecule is CCc1ccc(C(=O)C(C)OC(=O)/C=C/c2c(C)nn(C)c2Cl)cc1. The largest absolute Gasteiger partial charge is 0.451 e. The number of benzene rings is 1. The molecule has 0 amide bonds. The predicted octanol–water partition coefficient (Wildman–Crippen LogP) is 3.77. The van der Waals surface area contributed by atoms with Crippen LogP contribution in [0.25, 0.3) is 6.08 Å². The summed E-state index contributed by atoms with van der Waals surface area (Å²) in [5.74, 6) is -0.842. The first kappa shape index (κ1) is 18.9. The summed E-state index contributed by atoms with van der Waals surface area (Å²) in [4.78, 5) is 24.3. The lowest BCUT2D eigenvalue weighted by atomic mass is 10.0. The van der Waals surface area contributed by atoms with E-state index < -0.39 is 12.1 Å². The predicted molar refractivity (Wildman–Crippen MR) is 97.7 cm³/mol. The fraction of sp³-hybridized carbons (Fsp3) is 0.316. The number of hydrogen-bond donors (Lipinski definition) is 0. The molecule has 0 bridgehead atoms. The fourth-order valence-electron chi connectivity index (χ4n) is 2.39. The number of rotatable bonds is 6. The Morgan fingerprint density at radius 1 is 1.32 bits per heavy atom. The Hall–Kier alpha value is -2.40. The van der Waals surface area contributed by atoms with Crippen molar-refractivity contribution in [2.75, 3.05) is 0 Å². The average molecular weight is 361 g/mol. The smallest absolute Gasteiger partial charge is 0.331 e. The molecule has 0 spiro atoms. The van der Waals surface area contributed by atoms with Crippen LogP contribution in [0.5, 0.6) is 0 Å². The van der Waals surface area contributed by atoms with Crippen LogP contribution in [0.2, 0.25) is 5.15 Å². The van der Waals surface area contributed by atoms with E-state index in [0.29, 0.717) is 22.0 Å². The lowest BCUT2D eigenvalue weighted by Crippen LogP contribution is -2.23. The quantitative estimate of drug-likeness (QED) is 0.447. The van der Waals surface area contributed by atoms with Crippen molar-refractivity contribution in [2.24, 2.45) is 7.05 Å². The van der Waals surface area contributed by atoms with Crippen molar-refractivity contribution in [3.63, 3.8) is 0 Å². The molecule has 0 N–H and O–H groups in total. The van der Waals surface area contributed by atoms with E-state index in [2.05, 4.69) is 5.10 Å². The second-order valence-corrected chi connectivity index (χ2v) is 6.10. The molecule has 1 aromatic carbocycles. The molecule has 1 aromatic heterocycles. The molecule has 0 radical (unpaired) electrons. The molecule has 25 heavy (non-hydrogen) atoms. The van der Waals surface area contributed by atoms with E-state index in [1.54, 1.807) is 39.1 Å². The van der Waals surface area contributed by atoms with Gasteiger partial charge in [-0.2, -0.15) is 5.10 Å². The van der Waals surface area contributed by atoms with Gasteiger partial charge < -0.3 is 4.74 Å². The number of esters is 1. The maximum atomic E-state index is 12.3. The highest BCUT2D eigenvalue weighted by Gasteiger charge is 2.18. The second-order valence-electron chi connectivity index (χ2n) is 5.74. The summed E-state index contributed by atoms with van der Waals surface area (Å²) < 4.78 is 6.71. The van der Waals surface area contributed by atoms with Crippen molar-refractivity contribution < 1.29 is 14.3 Å². The molecular formula is C19H21ClN2O3. The third-order valence-corrected chi connectivity index (χ3v) is 4.34. The second kappa shape index (κ2) is 8.12. The van der Waals surface area contributed by atoms with Gasteiger partial charge in [0.05, 0.1) is 5.69 Å². The molecule has 132 valence electrons. The molecule has 1 unspecified atom stereocenters. The van der Waals surface area contributed by atoms with Crippen LogP contribution in [0.3, 0.4) is 0 Å². The zero-order valence-corrected chi connectivity index (χ0v) is 15.5. The minimum absolute atomic E-state index is 0.236. The van der Waals surface area contributed by atoms with Crippen molar-refractivity contribution in [1.82, 2.24) is 9.78 Å². The van der Waals surface area contributed by atoms with Crippen molar-refractivity contribution in [2.45, 2.75) is 33.3 Å². The van der Waals surface area contributed by atoms with Crippen LogP contribution in [0.4, 0.5) is 0 Å².